The number of carboxylic acid groups (broad SMARTS) is 1. The third kappa shape index (κ3) is 3.92. The number of anilines is 1. The van der Waals surface area contributed by atoms with Crippen molar-refractivity contribution >= 4 is 37.6 Å². The molecule has 3 aromatic rings. The van der Waals surface area contributed by atoms with Gasteiger partial charge in [0.1, 0.15) is 5.76 Å². The number of hydrogen-bond acceptors (Lipinski definition) is 4. The van der Waals surface area contributed by atoms with E-state index in [4.69, 9.17) is 9.52 Å². The van der Waals surface area contributed by atoms with E-state index in [1.807, 2.05) is 0 Å². The Bertz CT molecular complexity index is 1030. The van der Waals surface area contributed by atoms with Gasteiger partial charge in [-0.3, -0.25) is 4.72 Å². The Hall–Kier alpha value is -2.58. The highest BCUT2D eigenvalue weighted by atomic mass is 79.9. The maximum atomic E-state index is 12.4. The number of aromatic carboxylic acids is 1. The fraction of sp³-hybridized carbons (Fsp3) is 0. The summed E-state index contributed by atoms with van der Waals surface area (Å²) in [4.78, 5) is 11.0. The standard InChI is InChI=1S/C17H12BrNO5S/c18-12-4-6-14(7-5-12)25(22,23)19-13-3-1-2-11(10-13)15-8-9-16(24-15)17(20)21/h1-10,19H,(H,20,21). The number of nitrogens with one attached hydrogen (secondary N) is 1. The normalized spacial score (nSPS) is 11.2. The number of carboxylic acids is 1. The van der Waals surface area contributed by atoms with Crippen LogP contribution in [0.25, 0.3) is 11.3 Å². The largest absolute Gasteiger partial charge is 0.475 e. The van der Waals surface area contributed by atoms with Crippen LogP contribution in [0.4, 0.5) is 5.69 Å². The second kappa shape index (κ2) is 6.73. The highest BCUT2D eigenvalue weighted by Crippen LogP contribution is 2.26. The summed E-state index contributed by atoms with van der Waals surface area (Å²) in [5, 5.41) is 8.91. The van der Waals surface area contributed by atoms with Crippen molar-refractivity contribution in [2.45, 2.75) is 4.90 Å². The van der Waals surface area contributed by atoms with Crippen LogP contribution >= 0.6 is 15.9 Å². The summed E-state index contributed by atoms with van der Waals surface area (Å²) in [6.07, 6.45) is 0. The number of hydrogen-bond donors (Lipinski definition) is 2. The Labute approximate surface area is 152 Å². The smallest absolute Gasteiger partial charge is 0.371 e. The average molecular weight is 422 g/mol. The van der Waals surface area contributed by atoms with Crippen molar-refractivity contribution in [3.63, 3.8) is 0 Å². The van der Waals surface area contributed by atoms with E-state index < -0.39 is 16.0 Å². The molecule has 25 heavy (non-hydrogen) atoms. The number of sulfonamides is 1. The van der Waals surface area contributed by atoms with Crippen LogP contribution in [0.15, 0.2) is 74.4 Å². The van der Waals surface area contributed by atoms with Gasteiger partial charge in [0, 0.05) is 15.7 Å². The van der Waals surface area contributed by atoms with Crippen LogP contribution in [0.1, 0.15) is 10.6 Å². The Morgan fingerprint density at radius 3 is 2.40 bits per heavy atom. The van der Waals surface area contributed by atoms with E-state index in [1.54, 1.807) is 36.4 Å². The summed E-state index contributed by atoms with van der Waals surface area (Å²) in [5.74, 6) is -1.02. The second-order valence-corrected chi connectivity index (χ2v) is 7.71. The van der Waals surface area contributed by atoms with Crippen molar-refractivity contribution < 1.29 is 22.7 Å². The van der Waals surface area contributed by atoms with Crippen LogP contribution in [0, 0.1) is 0 Å². The lowest BCUT2D eigenvalue weighted by Gasteiger charge is -2.09. The molecule has 0 amide bonds. The topological polar surface area (TPSA) is 96.6 Å². The molecule has 3 rings (SSSR count). The van der Waals surface area contributed by atoms with Crippen LogP contribution in [-0.4, -0.2) is 19.5 Å². The van der Waals surface area contributed by atoms with E-state index in [1.165, 1.54) is 24.3 Å². The molecule has 0 aliphatic heterocycles. The van der Waals surface area contributed by atoms with E-state index in [9.17, 15) is 13.2 Å². The quantitative estimate of drug-likeness (QED) is 0.642. The van der Waals surface area contributed by atoms with Gasteiger partial charge in [0.2, 0.25) is 5.76 Å². The van der Waals surface area contributed by atoms with Gasteiger partial charge in [-0.25, -0.2) is 13.2 Å². The fourth-order valence-corrected chi connectivity index (χ4v) is 3.49. The molecule has 0 aliphatic rings. The van der Waals surface area contributed by atoms with Crippen LogP contribution in [0.2, 0.25) is 0 Å². The monoisotopic (exact) mass is 421 g/mol. The van der Waals surface area contributed by atoms with Gasteiger partial charge in [-0.1, -0.05) is 28.1 Å². The molecular formula is C17H12BrNO5S. The molecule has 0 fully saturated rings. The van der Waals surface area contributed by atoms with E-state index in [0.29, 0.717) is 17.0 Å². The lowest BCUT2D eigenvalue weighted by atomic mass is 10.1. The summed E-state index contributed by atoms with van der Waals surface area (Å²) in [6, 6.07) is 15.6. The molecule has 6 nitrogen and oxygen atoms in total. The second-order valence-electron chi connectivity index (χ2n) is 5.11. The van der Waals surface area contributed by atoms with Crippen molar-refractivity contribution in [1.82, 2.24) is 0 Å². The first-order valence-electron chi connectivity index (χ1n) is 7.07. The van der Waals surface area contributed by atoms with Crippen molar-refractivity contribution in [2.75, 3.05) is 4.72 Å². The summed E-state index contributed by atoms with van der Waals surface area (Å²) in [6.45, 7) is 0. The minimum atomic E-state index is -3.73. The molecule has 0 radical (unpaired) electrons. The Kier molecular flexibility index (Phi) is 4.65. The lowest BCUT2D eigenvalue weighted by Crippen LogP contribution is -2.12. The van der Waals surface area contributed by atoms with Gasteiger partial charge < -0.3 is 9.52 Å². The molecule has 0 bridgehead atoms. The minimum absolute atomic E-state index is 0.132. The van der Waals surface area contributed by atoms with Crippen molar-refractivity contribution in [3.05, 3.63) is 70.9 Å². The molecule has 1 aromatic heterocycles. The van der Waals surface area contributed by atoms with E-state index >= 15 is 0 Å². The zero-order chi connectivity index (χ0) is 18.0. The maximum absolute atomic E-state index is 12.4. The van der Waals surface area contributed by atoms with Crippen molar-refractivity contribution in [3.8, 4) is 11.3 Å². The lowest BCUT2D eigenvalue weighted by molar-refractivity contribution is 0.0663. The molecule has 2 aromatic carbocycles. The van der Waals surface area contributed by atoms with Gasteiger partial charge in [0.25, 0.3) is 10.0 Å². The molecular weight excluding hydrogens is 410 g/mol. The molecule has 0 saturated carbocycles. The third-order valence-corrected chi connectivity index (χ3v) is 5.27. The fourth-order valence-electron chi connectivity index (χ4n) is 2.17. The Balaban J connectivity index is 1.88. The average Bonchev–Trinajstić information content (AvgIpc) is 3.05. The minimum Gasteiger partial charge on any atom is -0.475 e. The zero-order valence-corrected chi connectivity index (χ0v) is 15.0. The maximum Gasteiger partial charge on any atom is 0.371 e. The van der Waals surface area contributed by atoms with Crippen LogP contribution < -0.4 is 4.72 Å². The zero-order valence-electron chi connectivity index (χ0n) is 12.6. The Morgan fingerprint density at radius 1 is 1.04 bits per heavy atom. The third-order valence-electron chi connectivity index (χ3n) is 3.34. The van der Waals surface area contributed by atoms with E-state index in [0.717, 1.165) is 4.47 Å². The first kappa shape index (κ1) is 17.2. The van der Waals surface area contributed by atoms with Gasteiger partial charge in [0.05, 0.1) is 4.90 Å². The summed E-state index contributed by atoms with van der Waals surface area (Å²) in [7, 11) is -3.73. The molecule has 0 saturated heterocycles. The predicted molar refractivity (Wildman–Crippen MR) is 96.1 cm³/mol. The summed E-state index contributed by atoms with van der Waals surface area (Å²) in [5.41, 5.74) is 0.900. The van der Waals surface area contributed by atoms with E-state index in [-0.39, 0.29) is 10.7 Å². The molecule has 0 aliphatic carbocycles. The number of rotatable bonds is 5. The molecule has 0 spiro atoms. The van der Waals surface area contributed by atoms with Gasteiger partial charge >= 0.3 is 5.97 Å². The highest BCUT2D eigenvalue weighted by molar-refractivity contribution is 9.10. The number of halogens is 1. The number of carbonyl (C=O) groups is 1. The Morgan fingerprint density at radius 2 is 1.76 bits per heavy atom. The van der Waals surface area contributed by atoms with Crippen molar-refractivity contribution in [1.29, 1.82) is 0 Å². The van der Waals surface area contributed by atoms with Crippen LogP contribution in [-0.2, 0) is 10.0 Å². The molecule has 0 unspecified atom stereocenters. The van der Waals surface area contributed by atoms with Gasteiger partial charge in [0.15, 0.2) is 0 Å². The van der Waals surface area contributed by atoms with Crippen LogP contribution in [0.3, 0.4) is 0 Å². The van der Waals surface area contributed by atoms with Gasteiger partial charge in [-0.05, 0) is 48.5 Å². The molecule has 8 heteroatoms. The first-order chi connectivity index (χ1) is 11.8. The molecule has 1 heterocycles. The molecule has 0 atom stereocenters. The van der Waals surface area contributed by atoms with Gasteiger partial charge in [-0.2, -0.15) is 0 Å². The van der Waals surface area contributed by atoms with E-state index in [2.05, 4.69) is 20.7 Å². The number of benzene rings is 2. The SMILES string of the molecule is O=C(O)c1ccc(-c2cccc(NS(=O)(=O)c3ccc(Br)cc3)c2)o1. The first-order valence-corrected chi connectivity index (χ1v) is 9.35. The predicted octanol–water partition coefficient (Wildman–Crippen LogP) is 4.21. The highest BCUT2D eigenvalue weighted by Gasteiger charge is 2.15. The summed E-state index contributed by atoms with van der Waals surface area (Å²) < 4.78 is 33.4. The molecule has 2 N–H and O–H groups in total. The molecule has 128 valence electrons. The van der Waals surface area contributed by atoms with Crippen molar-refractivity contribution in [2.24, 2.45) is 0 Å². The van der Waals surface area contributed by atoms with Crippen LogP contribution in [0.5, 0.6) is 0 Å². The van der Waals surface area contributed by atoms with Gasteiger partial charge in [-0.15, -0.1) is 0 Å². The number of furan rings is 1. The summed E-state index contributed by atoms with van der Waals surface area (Å²) >= 11 is 3.26.